The highest BCUT2D eigenvalue weighted by molar-refractivity contribution is 5.93. The maximum absolute atomic E-state index is 11.8. The van der Waals surface area contributed by atoms with E-state index in [0.29, 0.717) is 17.7 Å². The molecular formula is C14H15NO5. The summed E-state index contributed by atoms with van der Waals surface area (Å²) >= 11 is 0. The highest BCUT2D eigenvalue weighted by Crippen LogP contribution is 2.27. The Morgan fingerprint density at radius 1 is 1.45 bits per heavy atom. The summed E-state index contributed by atoms with van der Waals surface area (Å²) in [7, 11) is 2.95. The van der Waals surface area contributed by atoms with E-state index in [1.54, 1.807) is 25.3 Å². The number of aromatic nitrogens is 1. The minimum absolute atomic E-state index is 0.0531. The third kappa shape index (κ3) is 2.20. The van der Waals surface area contributed by atoms with Crippen molar-refractivity contribution >= 4 is 5.97 Å². The lowest BCUT2D eigenvalue weighted by Crippen LogP contribution is -2.07. The van der Waals surface area contributed by atoms with Gasteiger partial charge < -0.3 is 14.4 Å². The van der Waals surface area contributed by atoms with E-state index in [9.17, 15) is 14.7 Å². The Labute approximate surface area is 115 Å². The zero-order valence-corrected chi connectivity index (χ0v) is 11.5. The summed E-state index contributed by atoms with van der Waals surface area (Å²) in [4.78, 5) is 23.1. The van der Waals surface area contributed by atoms with Crippen LogP contribution in [0.3, 0.4) is 0 Å². The number of hydrogen-bond donors (Lipinski definition) is 1. The Balaban J connectivity index is 2.69. The molecule has 0 radical (unpaired) electrons. The number of carboxylic acid groups (broad SMARTS) is 1. The van der Waals surface area contributed by atoms with Gasteiger partial charge in [-0.2, -0.15) is 0 Å². The normalized spacial score (nSPS) is 10.6. The van der Waals surface area contributed by atoms with Crippen LogP contribution < -0.4 is 10.4 Å². The molecule has 0 amide bonds. The molecule has 0 aliphatic carbocycles. The first-order chi connectivity index (χ1) is 9.49. The highest BCUT2D eigenvalue weighted by Gasteiger charge is 2.23. The van der Waals surface area contributed by atoms with E-state index >= 15 is 0 Å². The quantitative estimate of drug-likeness (QED) is 0.923. The molecule has 0 unspecified atom stereocenters. The predicted octanol–water partition coefficient (Wildman–Crippen LogP) is 1.91. The SMILES string of the molecule is CCc1cc(-c2c(C(=O)O)n(C)oc2=O)ccc1OC. The first-order valence-electron chi connectivity index (χ1n) is 6.10. The van der Waals surface area contributed by atoms with Crippen LogP contribution in [0.5, 0.6) is 5.75 Å². The molecule has 6 heteroatoms. The summed E-state index contributed by atoms with van der Waals surface area (Å²) < 4.78 is 11.0. The van der Waals surface area contributed by atoms with Gasteiger partial charge in [0.05, 0.1) is 7.11 Å². The zero-order valence-electron chi connectivity index (χ0n) is 11.5. The van der Waals surface area contributed by atoms with Crippen molar-refractivity contribution < 1.29 is 19.2 Å². The number of methoxy groups -OCH3 is 1. The Hall–Kier alpha value is -2.50. The van der Waals surface area contributed by atoms with Crippen LogP contribution in [0.15, 0.2) is 27.5 Å². The first-order valence-corrected chi connectivity index (χ1v) is 6.10. The van der Waals surface area contributed by atoms with Crippen LogP contribution in [0, 0.1) is 0 Å². The number of hydrogen-bond acceptors (Lipinski definition) is 4. The molecule has 1 N–H and O–H groups in total. The van der Waals surface area contributed by atoms with Crippen molar-refractivity contribution in [1.82, 2.24) is 4.74 Å². The van der Waals surface area contributed by atoms with E-state index in [4.69, 9.17) is 9.26 Å². The van der Waals surface area contributed by atoms with E-state index in [1.165, 1.54) is 7.05 Å². The summed E-state index contributed by atoms with van der Waals surface area (Å²) in [5.41, 5.74) is 0.621. The lowest BCUT2D eigenvalue weighted by atomic mass is 10.0. The first kappa shape index (κ1) is 13.9. The zero-order chi connectivity index (χ0) is 14.9. The van der Waals surface area contributed by atoms with Crippen LogP contribution >= 0.6 is 0 Å². The summed E-state index contributed by atoms with van der Waals surface area (Å²) in [6.45, 7) is 1.95. The van der Waals surface area contributed by atoms with E-state index < -0.39 is 11.6 Å². The average molecular weight is 277 g/mol. The molecule has 2 aromatic rings. The summed E-state index contributed by atoms with van der Waals surface area (Å²) in [5, 5.41) is 9.20. The number of aryl methyl sites for hydroxylation is 2. The summed E-state index contributed by atoms with van der Waals surface area (Å²) in [6, 6.07) is 5.11. The van der Waals surface area contributed by atoms with Crippen LogP contribution in [0.1, 0.15) is 23.0 Å². The van der Waals surface area contributed by atoms with Crippen LogP contribution in [0.25, 0.3) is 11.1 Å². The third-order valence-corrected chi connectivity index (χ3v) is 3.13. The van der Waals surface area contributed by atoms with E-state index in [0.717, 1.165) is 10.3 Å². The molecule has 0 spiro atoms. The van der Waals surface area contributed by atoms with Gasteiger partial charge in [0.2, 0.25) is 0 Å². The molecule has 0 bridgehead atoms. The van der Waals surface area contributed by atoms with Crippen molar-refractivity contribution in [3.63, 3.8) is 0 Å². The monoisotopic (exact) mass is 277 g/mol. The topological polar surface area (TPSA) is 81.7 Å². The number of aromatic carboxylic acids is 1. The lowest BCUT2D eigenvalue weighted by Gasteiger charge is -2.08. The number of carbonyl (C=O) groups is 1. The third-order valence-electron chi connectivity index (χ3n) is 3.13. The van der Waals surface area contributed by atoms with Crippen molar-refractivity contribution in [1.29, 1.82) is 0 Å². The molecule has 1 aromatic heterocycles. The molecule has 106 valence electrons. The predicted molar refractivity (Wildman–Crippen MR) is 72.3 cm³/mol. The van der Waals surface area contributed by atoms with Gasteiger partial charge in [0.15, 0.2) is 5.69 Å². The minimum Gasteiger partial charge on any atom is -0.496 e. The Bertz CT molecular complexity index is 711. The van der Waals surface area contributed by atoms with Crippen LogP contribution in [0.4, 0.5) is 0 Å². The number of nitrogens with zero attached hydrogens (tertiary/aromatic N) is 1. The van der Waals surface area contributed by atoms with Crippen LogP contribution in [-0.2, 0) is 13.5 Å². The second-order valence-electron chi connectivity index (χ2n) is 4.29. The Kier molecular flexibility index (Phi) is 3.65. The van der Waals surface area contributed by atoms with Crippen molar-refractivity contribution in [3.05, 3.63) is 39.9 Å². The van der Waals surface area contributed by atoms with E-state index in [2.05, 4.69) is 0 Å². The second kappa shape index (κ2) is 5.24. The van der Waals surface area contributed by atoms with Gasteiger partial charge in [0.1, 0.15) is 11.3 Å². The highest BCUT2D eigenvalue weighted by atomic mass is 16.5. The molecule has 0 saturated heterocycles. The fraction of sp³-hybridized carbons (Fsp3) is 0.286. The number of carboxylic acids is 1. The standard InChI is InChI=1S/C14H15NO5/c1-4-8-7-9(5-6-10(8)19-3)11-12(13(16)17)15(2)20-14(11)18/h5-7H,4H2,1-3H3,(H,16,17). The smallest absolute Gasteiger partial charge is 0.366 e. The molecule has 0 aliphatic rings. The summed E-state index contributed by atoms with van der Waals surface area (Å²) in [6.07, 6.45) is 0.706. The van der Waals surface area contributed by atoms with Crippen molar-refractivity contribution in [2.24, 2.45) is 7.05 Å². The van der Waals surface area contributed by atoms with Crippen molar-refractivity contribution in [2.75, 3.05) is 7.11 Å². The fourth-order valence-corrected chi connectivity index (χ4v) is 2.18. The van der Waals surface area contributed by atoms with Crippen LogP contribution in [0.2, 0.25) is 0 Å². The van der Waals surface area contributed by atoms with E-state index in [1.807, 2.05) is 6.92 Å². The average Bonchev–Trinajstić information content (AvgIpc) is 2.72. The molecule has 2 rings (SSSR count). The summed E-state index contributed by atoms with van der Waals surface area (Å²) in [5.74, 6) is -0.504. The molecule has 0 fully saturated rings. The number of rotatable bonds is 4. The van der Waals surface area contributed by atoms with Gasteiger partial charge in [-0.05, 0) is 29.7 Å². The molecule has 0 saturated carbocycles. The van der Waals surface area contributed by atoms with Gasteiger partial charge >= 0.3 is 11.6 Å². The molecule has 1 heterocycles. The lowest BCUT2D eigenvalue weighted by molar-refractivity contribution is 0.0673. The van der Waals surface area contributed by atoms with Crippen molar-refractivity contribution in [3.8, 4) is 16.9 Å². The number of ether oxygens (including phenoxy) is 1. The van der Waals surface area contributed by atoms with E-state index in [-0.39, 0.29) is 11.3 Å². The molecule has 6 nitrogen and oxygen atoms in total. The number of benzene rings is 1. The largest absolute Gasteiger partial charge is 0.496 e. The molecule has 0 aliphatic heterocycles. The van der Waals surface area contributed by atoms with Gasteiger partial charge in [0.25, 0.3) is 0 Å². The van der Waals surface area contributed by atoms with Gasteiger partial charge in [-0.3, -0.25) is 0 Å². The van der Waals surface area contributed by atoms with Gasteiger partial charge in [-0.15, -0.1) is 0 Å². The van der Waals surface area contributed by atoms with Gasteiger partial charge in [-0.25, -0.2) is 14.3 Å². The van der Waals surface area contributed by atoms with Gasteiger partial charge in [-0.1, -0.05) is 13.0 Å². The van der Waals surface area contributed by atoms with Crippen LogP contribution in [-0.4, -0.2) is 22.9 Å². The Morgan fingerprint density at radius 3 is 2.70 bits per heavy atom. The maximum Gasteiger partial charge on any atom is 0.366 e. The molecular weight excluding hydrogens is 262 g/mol. The molecule has 1 aromatic carbocycles. The van der Waals surface area contributed by atoms with Gasteiger partial charge in [0, 0.05) is 7.05 Å². The molecule has 0 atom stereocenters. The second-order valence-corrected chi connectivity index (χ2v) is 4.29. The van der Waals surface area contributed by atoms with Crippen molar-refractivity contribution in [2.45, 2.75) is 13.3 Å². The maximum atomic E-state index is 11.8. The fourth-order valence-electron chi connectivity index (χ4n) is 2.18. The molecule has 20 heavy (non-hydrogen) atoms. The minimum atomic E-state index is -1.21. The Morgan fingerprint density at radius 2 is 2.15 bits per heavy atom.